The summed E-state index contributed by atoms with van der Waals surface area (Å²) in [6.07, 6.45) is 1.89. The molecular weight excluding hydrogens is 320 g/mol. The first-order valence-corrected chi connectivity index (χ1v) is 9.66. The zero-order chi connectivity index (χ0) is 18.5. The van der Waals surface area contributed by atoms with Gasteiger partial charge in [-0.05, 0) is 63.4 Å². The van der Waals surface area contributed by atoms with Crippen molar-refractivity contribution >= 4 is 5.91 Å². The van der Waals surface area contributed by atoms with Crippen LogP contribution in [0.25, 0.3) is 0 Å². The van der Waals surface area contributed by atoms with E-state index < -0.39 is 0 Å². The third-order valence-electron chi connectivity index (χ3n) is 5.47. The summed E-state index contributed by atoms with van der Waals surface area (Å²) in [6.45, 7) is 9.26. The molecule has 26 heavy (non-hydrogen) atoms. The minimum absolute atomic E-state index is 0.0600. The molecule has 138 valence electrons. The van der Waals surface area contributed by atoms with Crippen LogP contribution < -0.4 is 5.32 Å². The first kappa shape index (κ1) is 18.7. The van der Waals surface area contributed by atoms with E-state index in [0.29, 0.717) is 0 Å². The van der Waals surface area contributed by atoms with Gasteiger partial charge >= 0.3 is 0 Å². The maximum absolute atomic E-state index is 12.7. The molecule has 0 radical (unpaired) electrons. The zero-order valence-corrected chi connectivity index (χ0v) is 16.2. The number of hydrogen-bond donors (Lipinski definition) is 1. The number of hydrogen-bond acceptors (Lipinski definition) is 2. The molecule has 2 aromatic carbocycles. The van der Waals surface area contributed by atoms with Crippen molar-refractivity contribution in [2.24, 2.45) is 5.92 Å². The number of piperidine rings is 1. The summed E-state index contributed by atoms with van der Waals surface area (Å²) >= 11 is 0. The van der Waals surface area contributed by atoms with Crippen molar-refractivity contribution in [2.45, 2.75) is 46.2 Å². The van der Waals surface area contributed by atoms with Crippen LogP contribution in [0.15, 0.2) is 48.5 Å². The molecule has 1 fully saturated rings. The molecule has 1 amide bonds. The predicted molar refractivity (Wildman–Crippen MR) is 107 cm³/mol. The Kier molecular flexibility index (Phi) is 6.10. The van der Waals surface area contributed by atoms with Gasteiger partial charge in [-0.15, -0.1) is 0 Å². The first-order valence-electron chi connectivity index (χ1n) is 9.66. The molecule has 1 aliphatic heterocycles. The van der Waals surface area contributed by atoms with Crippen LogP contribution in [0, 0.1) is 19.8 Å². The zero-order valence-electron chi connectivity index (χ0n) is 16.2. The Morgan fingerprint density at radius 1 is 1.12 bits per heavy atom. The number of nitrogens with one attached hydrogen (secondary N) is 1. The lowest BCUT2D eigenvalue weighted by atomic mass is 9.94. The predicted octanol–water partition coefficient (Wildman–Crippen LogP) is 4.39. The van der Waals surface area contributed by atoms with Crippen LogP contribution in [0.2, 0.25) is 0 Å². The van der Waals surface area contributed by atoms with Crippen LogP contribution in [0.1, 0.15) is 48.1 Å². The van der Waals surface area contributed by atoms with Gasteiger partial charge < -0.3 is 5.32 Å². The van der Waals surface area contributed by atoms with Gasteiger partial charge in [0.15, 0.2) is 0 Å². The number of benzene rings is 2. The highest BCUT2D eigenvalue weighted by atomic mass is 16.1. The topological polar surface area (TPSA) is 32.3 Å². The highest BCUT2D eigenvalue weighted by molar-refractivity contribution is 5.79. The van der Waals surface area contributed by atoms with Gasteiger partial charge in [-0.2, -0.15) is 0 Å². The molecule has 0 aliphatic carbocycles. The summed E-state index contributed by atoms with van der Waals surface area (Å²) in [6, 6.07) is 17.1. The fourth-order valence-corrected chi connectivity index (χ4v) is 3.83. The number of likely N-dealkylation sites (tertiary alicyclic amines) is 1. The Hall–Kier alpha value is -2.13. The Bertz CT molecular complexity index is 733. The molecule has 1 N–H and O–H groups in total. The van der Waals surface area contributed by atoms with E-state index in [1.807, 2.05) is 0 Å². The highest BCUT2D eigenvalue weighted by Gasteiger charge is 2.26. The summed E-state index contributed by atoms with van der Waals surface area (Å²) in [5.74, 6) is 0.340. The van der Waals surface area contributed by atoms with Crippen molar-refractivity contribution in [1.29, 1.82) is 0 Å². The average Bonchev–Trinajstić information content (AvgIpc) is 2.65. The van der Waals surface area contributed by atoms with E-state index in [2.05, 4.69) is 79.5 Å². The molecule has 1 heterocycles. The SMILES string of the molecule is Cc1ccc(C)c([C@@H](C)NC(=O)C2CCN(Cc3ccccc3)CC2)c1. The molecule has 3 rings (SSSR count). The monoisotopic (exact) mass is 350 g/mol. The standard InChI is InChI=1S/C23H30N2O/c1-17-9-10-18(2)22(15-17)19(3)24-23(26)21-11-13-25(14-12-21)16-20-7-5-4-6-8-20/h4-10,15,19,21H,11-14,16H2,1-3H3,(H,24,26)/t19-/m1/s1. The van der Waals surface area contributed by atoms with Crippen molar-refractivity contribution < 1.29 is 4.79 Å². The normalized spacial score (nSPS) is 17.0. The Balaban J connectivity index is 1.51. The number of rotatable bonds is 5. The molecule has 3 nitrogen and oxygen atoms in total. The van der Waals surface area contributed by atoms with Crippen molar-refractivity contribution in [2.75, 3.05) is 13.1 Å². The van der Waals surface area contributed by atoms with Crippen LogP contribution in [0.4, 0.5) is 0 Å². The van der Waals surface area contributed by atoms with E-state index in [9.17, 15) is 4.79 Å². The molecule has 0 aromatic heterocycles. The first-order chi connectivity index (χ1) is 12.5. The number of aryl methyl sites for hydroxylation is 2. The molecule has 0 saturated carbocycles. The second-order valence-electron chi connectivity index (χ2n) is 7.63. The highest BCUT2D eigenvalue weighted by Crippen LogP contribution is 2.23. The van der Waals surface area contributed by atoms with Crippen LogP contribution in [0.3, 0.4) is 0 Å². The third-order valence-corrected chi connectivity index (χ3v) is 5.47. The van der Waals surface area contributed by atoms with Crippen molar-refractivity contribution in [3.8, 4) is 0 Å². The molecule has 1 saturated heterocycles. The van der Waals surface area contributed by atoms with Crippen LogP contribution in [-0.2, 0) is 11.3 Å². The number of carbonyl (C=O) groups is 1. The van der Waals surface area contributed by atoms with Gasteiger partial charge in [0.05, 0.1) is 6.04 Å². The largest absolute Gasteiger partial charge is 0.349 e. The minimum atomic E-state index is 0.0600. The summed E-state index contributed by atoms with van der Waals surface area (Å²) in [4.78, 5) is 15.2. The molecule has 0 unspecified atom stereocenters. The lowest BCUT2D eigenvalue weighted by molar-refractivity contribution is -0.127. The fraction of sp³-hybridized carbons (Fsp3) is 0.435. The van der Waals surface area contributed by atoms with E-state index in [4.69, 9.17) is 0 Å². The molecular formula is C23H30N2O. The number of nitrogens with zero attached hydrogens (tertiary/aromatic N) is 1. The average molecular weight is 351 g/mol. The molecule has 1 aliphatic rings. The van der Waals surface area contributed by atoms with Crippen molar-refractivity contribution in [1.82, 2.24) is 10.2 Å². The maximum Gasteiger partial charge on any atom is 0.223 e. The molecule has 3 heteroatoms. The lowest BCUT2D eigenvalue weighted by Crippen LogP contribution is -2.41. The molecule has 1 atom stereocenters. The Morgan fingerprint density at radius 2 is 1.81 bits per heavy atom. The number of carbonyl (C=O) groups excluding carboxylic acids is 1. The Labute approximate surface area is 157 Å². The second-order valence-corrected chi connectivity index (χ2v) is 7.63. The second kappa shape index (κ2) is 8.50. The third kappa shape index (κ3) is 4.73. The smallest absolute Gasteiger partial charge is 0.223 e. The quantitative estimate of drug-likeness (QED) is 0.867. The van der Waals surface area contributed by atoms with Gasteiger partial charge in [-0.25, -0.2) is 0 Å². The van der Waals surface area contributed by atoms with Gasteiger partial charge in [0.25, 0.3) is 0 Å². The van der Waals surface area contributed by atoms with Gasteiger partial charge in [-0.3, -0.25) is 9.69 Å². The van der Waals surface area contributed by atoms with Crippen LogP contribution >= 0.6 is 0 Å². The van der Waals surface area contributed by atoms with Crippen LogP contribution in [-0.4, -0.2) is 23.9 Å². The summed E-state index contributed by atoms with van der Waals surface area (Å²) in [5, 5.41) is 3.24. The van der Waals surface area contributed by atoms with E-state index in [-0.39, 0.29) is 17.9 Å². The summed E-state index contributed by atoms with van der Waals surface area (Å²) in [7, 11) is 0. The van der Waals surface area contributed by atoms with Gasteiger partial charge in [0, 0.05) is 12.5 Å². The fourth-order valence-electron chi connectivity index (χ4n) is 3.83. The van der Waals surface area contributed by atoms with E-state index >= 15 is 0 Å². The van der Waals surface area contributed by atoms with Gasteiger partial charge in [0.2, 0.25) is 5.91 Å². The van der Waals surface area contributed by atoms with Crippen molar-refractivity contribution in [3.05, 3.63) is 70.8 Å². The van der Waals surface area contributed by atoms with Gasteiger partial charge in [0.1, 0.15) is 0 Å². The maximum atomic E-state index is 12.7. The Morgan fingerprint density at radius 3 is 2.50 bits per heavy atom. The summed E-state index contributed by atoms with van der Waals surface area (Å²) < 4.78 is 0. The molecule has 0 bridgehead atoms. The van der Waals surface area contributed by atoms with Crippen LogP contribution in [0.5, 0.6) is 0 Å². The van der Waals surface area contributed by atoms with E-state index in [1.54, 1.807) is 0 Å². The summed E-state index contributed by atoms with van der Waals surface area (Å²) in [5.41, 5.74) is 5.04. The number of amides is 1. The minimum Gasteiger partial charge on any atom is -0.349 e. The van der Waals surface area contributed by atoms with E-state index in [0.717, 1.165) is 32.5 Å². The molecule has 0 spiro atoms. The molecule has 2 aromatic rings. The van der Waals surface area contributed by atoms with E-state index in [1.165, 1.54) is 22.3 Å². The lowest BCUT2D eigenvalue weighted by Gasteiger charge is -2.32. The van der Waals surface area contributed by atoms with Crippen molar-refractivity contribution in [3.63, 3.8) is 0 Å². The van der Waals surface area contributed by atoms with Gasteiger partial charge in [-0.1, -0.05) is 54.1 Å².